The summed E-state index contributed by atoms with van der Waals surface area (Å²) in [5.41, 5.74) is 1.21. The average molecular weight is 330 g/mol. The zero-order valence-corrected chi connectivity index (χ0v) is 12.8. The lowest BCUT2D eigenvalue weighted by Gasteiger charge is -2.08. The van der Waals surface area contributed by atoms with Crippen LogP contribution in [0.15, 0.2) is 48.5 Å². The maximum atomic E-state index is 13.4. The highest BCUT2D eigenvalue weighted by Crippen LogP contribution is 2.11. The van der Waals surface area contributed by atoms with Gasteiger partial charge in [0.2, 0.25) is 0 Å². The molecule has 0 heterocycles. The van der Waals surface area contributed by atoms with E-state index in [1.54, 1.807) is 24.3 Å². The van der Waals surface area contributed by atoms with Gasteiger partial charge in [0, 0.05) is 0 Å². The third-order valence-electron chi connectivity index (χ3n) is 3.00. The molecule has 0 fully saturated rings. The molecule has 7 heteroatoms. The molecule has 0 radical (unpaired) electrons. The smallest absolute Gasteiger partial charge is 0.338 e. The highest BCUT2D eigenvalue weighted by molar-refractivity contribution is 6.02. The Balaban J connectivity index is 1.80. The molecular formula is C17H15FN2O4. The summed E-state index contributed by atoms with van der Waals surface area (Å²) in [5.74, 6) is -2.14. The summed E-state index contributed by atoms with van der Waals surface area (Å²) in [6.45, 7) is 1.24. The van der Waals surface area contributed by atoms with Crippen molar-refractivity contribution in [2.24, 2.45) is 0 Å². The van der Waals surface area contributed by atoms with E-state index in [0.29, 0.717) is 5.56 Å². The summed E-state index contributed by atoms with van der Waals surface area (Å²) in [6, 6.07) is 11.2. The highest BCUT2D eigenvalue weighted by Gasteiger charge is 2.13. The van der Waals surface area contributed by atoms with Crippen LogP contribution < -0.4 is 10.6 Å². The molecule has 2 rings (SSSR count). The third-order valence-corrected chi connectivity index (χ3v) is 3.00. The summed E-state index contributed by atoms with van der Waals surface area (Å²) in [7, 11) is 0. The summed E-state index contributed by atoms with van der Waals surface area (Å²) in [4.78, 5) is 34.9. The van der Waals surface area contributed by atoms with Crippen molar-refractivity contribution < 1.29 is 23.5 Å². The van der Waals surface area contributed by atoms with Crippen molar-refractivity contribution in [1.82, 2.24) is 5.32 Å². The number of aryl methyl sites for hydroxylation is 1. The van der Waals surface area contributed by atoms with Gasteiger partial charge in [0.15, 0.2) is 6.61 Å². The van der Waals surface area contributed by atoms with Crippen molar-refractivity contribution in [1.29, 1.82) is 0 Å². The van der Waals surface area contributed by atoms with E-state index in [0.717, 1.165) is 5.56 Å². The first-order chi connectivity index (χ1) is 11.5. The minimum atomic E-state index is -0.920. The molecule has 2 aromatic rings. The van der Waals surface area contributed by atoms with E-state index in [2.05, 4.69) is 5.32 Å². The van der Waals surface area contributed by atoms with Crippen LogP contribution in [0.1, 0.15) is 15.9 Å². The SMILES string of the molecule is Cc1ccc(C(=O)OCC(=O)NC(=O)Nc2ccccc2F)cc1. The number of nitrogens with one attached hydrogen (secondary N) is 2. The topological polar surface area (TPSA) is 84.5 Å². The fourth-order valence-corrected chi connectivity index (χ4v) is 1.78. The highest BCUT2D eigenvalue weighted by atomic mass is 19.1. The van der Waals surface area contributed by atoms with Gasteiger partial charge in [-0.05, 0) is 31.2 Å². The van der Waals surface area contributed by atoms with Crippen molar-refractivity contribution in [2.75, 3.05) is 11.9 Å². The molecule has 2 aromatic carbocycles. The van der Waals surface area contributed by atoms with Crippen LogP contribution in [-0.2, 0) is 9.53 Å². The molecule has 0 aromatic heterocycles. The first-order valence-electron chi connectivity index (χ1n) is 7.05. The standard InChI is InChI=1S/C17H15FN2O4/c1-11-6-8-12(9-7-11)16(22)24-10-15(21)20-17(23)19-14-5-3-2-4-13(14)18/h2-9H,10H2,1H3,(H2,19,20,21,23). The predicted molar refractivity (Wildman–Crippen MR) is 85.0 cm³/mol. The molecule has 0 spiro atoms. The number of esters is 1. The number of para-hydroxylation sites is 1. The van der Waals surface area contributed by atoms with E-state index in [1.165, 1.54) is 24.3 Å². The van der Waals surface area contributed by atoms with Crippen LogP contribution in [0.2, 0.25) is 0 Å². The Hall–Kier alpha value is -3.22. The van der Waals surface area contributed by atoms with Crippen molar-refractivity contribution in [3.63, 3.8) is 0 Å². The number of imide groups is 1. The lowest BCUT2D eigenvalue weighted by molar-refractivity contribution is -0.123. The van der Waals surface area contributed by atoms with Crippen LogP contribution in [0.25, 0.3) is 0 Å². The first kappa shape index (κ1) is 17.1. The molecule has 2 N–H and O–H groups in total. The van der Waals surface area contributed by atoms with Gasteiger partial charge in [-0.1, -0.05) is 29.8 Å². The van der Waals surface area contributed by atoms with Gasteiger partial charge < -0.3 is 10.1 Å². The number of rotatable bonds is 4. The number of hydrogen-bond acceptors (Lipinski definition) is 4. The first-order valence-corrected chi connectivity index (χ1v) is 7.05. The molecule has 0 saturated carbocycles. The van der Waals surface area contributed by atoms with Gasteiger partial charge in [0.05, 0.1) is 11.3 Å². The van der Waals surface area contributed by atoms with E-state index < -0.39 is 30.3 Å². The Morgan fingerprint density at radius 2 is 1.71 bits per heavy atom. The molecule has 0 atom stereocenters. The molecule has 0 unspecified atom stereocenters. The van der Waals surface area contributed by atoms with Gasteiger partial charge in [0.25, 0.3) is 5.91 Å². The Kier molecular flexibility index (Phi) is 5.62. The quantitative estimate of drug-likeness (QED) is 0.844. The fourth-order valence-electron chi connectivity index (χ4n) is 1.78. The fraction of sp³-hybridized carbons (Fsp3) is 0.118. The van der Waals surface area contributed by atoms with Gasteiger partial charge in [-0.25, -0.2) is 14.0 Å². The summed E-state index contributed by atoms with van der Waals surface area (Å²) in [5, 5.41) is 4.12. The van der Waals surface area contributed by atoms with Crippen LogP contribution in [0.5, 0.6) is 0 Å². The summed E-state index contributed by atoms with van der Waals surface area (Å²) < 4.78 is 18.2. The van der Waals surface area contributed by atoms with Crippen molar-refractivity contribution in [3.05, 3.63) is 65.5 Å². The molecule has 24 heavy (non-hydrogen) atoms. The maximum absolute atomic E-state index is 13.4. The molecule has 0 aliphatic carbocycles. The monoisotopic (exact) mass is 330 g/mol. The second-order valence-corrected chi connectivity index (χ2v) is 4.92. The molecular weight excluding hydrogens is 315 g/mol. The number of benzene rings is 2. The number of urea groups is 1. The van der Waals surface area contributed by atoms with Gasteiger partial charge in [0.1, 0.15) is 5.82 Å². The third kappa shape index (κ3) is 4.91. The second kappa shape index (κ2) is 7.87. The van der Waals surface area contributed by atoms with Gasteiger partial charge in [-0.15, -0.1) is 0 Å². The second-order valence-electron chi connectivity index (χ2n) is 4.92. The zero-order valence-electron chi connectivity index (χ0n) is 12.8. The molecule has 0 aliphatic rings. The molecule has 0 bridgehead atoms. The lowest BCUT2D eigenvalue weighted by atomic mass is 10.1. The van der Waals surface area contributed by atoms with Crippen molar-refractivity contribution in [3.8, 4) is 0 Å². The molecule has 0 aliphatic heterocycles. The predicted octanol–water partition coefficient (Wildman–Crippen LogP) is 2.64. The Morgan fingerprint density at radius 1 is 1.04 bits per heavy atom. The van der Waals surface area contributed by atoms with Gasteiger partial charge in [-0.2, -0.15) is 0 Å². The van der Waals surface area contributed by atoms with Crippen molar-refractivity contribution in [2.45, 2.75) is 6.92 Å². The largest absolute Gasteiger partial charge is 0.452 e. The minimum absolute atomic E-state index is 0.0700. The van der Waals surface area contributed by atoms with Crippen LogP contribution in [-0.4, -0.2) is 24.5 Å². The summed E-state index contributed by atoms with van der Waals surface area (Å²) in [6.07, 6.45) is 0. The molecule has 124 valence electrons. The number of ether oxygens (including phenoxy) is 1. The molecule has 0 saturated heterocycles. The van der Waals surface area contributed by atoms with Crippen LogP contribution in [0, 0.1) is 12.7 Å². The minimum Gasteiger partial charge on any atom is -0.452 e. The average Bonchev–Trinajstić information content (AvgIpc) is 2.55. The Morgan fingerprint density at radius 3 is 2.38 bits per heavy atom. The van der Waals surface area contributed by atoms with Crippen molar-refractivity contribution >= 4 is 23.6 Å². The van der Waals surface area contributed by atoms with E-state index in [-0.39, 0.29) is 5.69 Å². The van der Waals surface area contributed by atoms with E-state index in [1.807, 2.05) is 12.2 Å². The number of halogens is 1. The number of hydrogen-bond donors (Lipinski definition) is 2. The van der Waals surface area contributed by atoms with E-state index in [9.17, 15) is 18.8 Å². The zero-order chi connectivity index (χ0) is 17.5. The number of carbonyl (C=O) groups is 3. The van der Waals surface area contributed by atoms with E-state index >= 15 is 0 Å². The molecule has 3 amide bonds. The summed E-state index contributed by atoms with van der Waals surface area (Å²) >= 11 is 0. The number of carbonyl (C=O) groups excluding carboxylic acids is 3. The van der Waals surface area contributed by atoms with Crippen LogP contribution in [0.3, 0.4) is 0 Å². The number of amides is 3. The van der Waals surface area contributed by atoms with Crippen LogP contribution in [0.4, 0.5) is 14.9 Å². The lowest BCUT2D eigenvalue weighted by Crippen LogP contribution is -2.37. The Labute approximate surface area is 137 Å². The van der Waals surface area contributed by atoms with Gasteiger partial charge >= 0.3 is 12.0 Å². The molecule has 6 nitrogen and oxygen atoms in total. The Bertz CT molecular complexity index is 759. The van der Waals surface area contributed by atoms with Gasteiger partial charge in [-0.3, -0.25) is 10.1 Å². The van der Waals surface area contributed by atoms with E-state index in [4.69, 9.17) is 4.74 Å². The van der Waals surface area contributed by atoms with Crippen LogP contribution >= 0.6 is 0 Å². The maximum Gasteiger partial charge on any atom is 0.338 e. The number of anilines is 1. The normalized spacial score (nSPS) is 9.92.